The number of halogens is 4. The van der Waals surface area contributed by atoms with E-state index in [9.17, 15) is 0 Å². The van der Waals surface area contributed by atoms with E-state index in [4.69, 9.17) is 11.6 Å². The Hall–Kier alpha value is 1.20. The second-order valence-corrected chi connectivity index (χ2v) is 4.79. The monoisotopic (exact) mass is 394 g/mol. The van der Waals surface area contributed by atoms with Crippen LogP contribution in [-0.2, 0) is 0 Å². The summed E-state index contributed by atoms with van der Waals surface area (Å²) in [5, 5.41) is 0.743. The molecule has 1 rings (SSSR count). The van der Waals surface area contributed by atoms with Crippen LogP contribution >= 0.6 is 66.1 Å². The summed E-state index contributed by atoms with van der Waals surface area (Å²) in [6.45, 7) is 0. The highest BCUT2D eigenvalue weighted by Crippen LogP contribution is 2.32. The van der Waals surface area contributed by atoms with Gasteiger partial charge < -0.3 is 0 Å². The molecule has 0 saturated carbocycles. The van der Waals surface area contributed by atoms with Crippen molar-refractivity contribution in [3.63, 3.8) is 0 Å². The lowest BCUT2D eigenvalue weighted by Crippen LogP contribution is -1.77. The van der Waals surface area contributed by atoms with Gasteiger partial charge >= 0.3 is 0 Å². The van der Waals surface area contributed by atoms with Crippen LogP contribution < -0.4 is 0 Å². The summed E-state index contributed by atoms with van der Waals surface area (Å²) in [7, 11) is 0. The maximum Gasteiger partial charge on any atom is 0.0559 e. The summed E-state index contributed by atoms with van der Waals surface area (Å²) >= 11 is 14.8. The number of hydrogen-bond donors (Lipinski definition) is 0. The van der Waals surface area contributed by atoms with E-state index in [2.05, 4.69) is 54.5 Å². The molecule has 0 nitrogen and oxygen atoms in total. The first-order valence-electron chi connectivity index (χ1n) is 2.42. The SMILES string of the molecule is Clc1ccc(Br)c(I)c1Br. The molecule has 0 unspecified atom stereocenters. The maximum atomic E-state index is 5.81. The fourth-order valence-corrected chi connectivity index (χ4v) is 2.23. The highest BCUT2D eigenvalue weighted by molar-refractivity contribution is 14.1. The van der Waals surface area contributed by atoms with Crippen LogP contribution in [0.15, 0.2) is 21.1 Å². The van der Waals surface area contributed by atoms with Crippen LogP contribution in [0.5, 0.6) is 0 Å². The van der Waals surface area contributed by atoms with Gasteiger partial charge in [0.15, 0.2) is 0 Å². The van der Waals surface area contributed by atoms with Gasteiger partial charge in [-0.2, -0.15) is 0 Å². The van der Waals surface area contributed by atoms with Crippen molar-refractivity contribution in [2.24, 2.45) is 0 Å². The fraction of sp³-hybridized carbons (Fsp3) is 0. The Labute approximate surface area is 94.7 Å². The third-order valence-corrected chi connectivity index (χ3v) is 5.62. The van der Waals surface area contributed by atoms with E-state index in [0.717, 1.165) is 17.5 Å². The Morgan fingerprint density at radius 2 is 1.90 bits per heavy atom. The Kier molecular flexibility index (Phi) is 3.47. The zero-order valence-electron chi connectivity index (χ0n) is 4.67. The molecular formula is C6H2Br2ClI. The second kappa shape index (κ2) is 3.74. The summed E-state index contributed by atoms with van der Waals surface area (Å²) in [6.07, 6.45) is 0. The Bertz CT molecular complexity index is 235. The molecule has 0 aromatic heterocycles. The van der Waals surface area contributed by atoms with Gasteiger partial charge in [0, 0.05) is 8.04 Å². The molecule has 0 radical (unpaired) electrons. The van der Waals surface area contributed by atoms with E-state index >= 15 is 0 Å². The van der Waals surface area contributed by atoms with Crippen molar-refractivity contribution in [2.75, 3.05) is 0 Å². The lowest BCUT2D eigenvalue weighted by molar-refractivity contribution is 1.53. The molecule has 1 aromatic rings. The average Bonchev–Trinajstić information content (AvgIpc) is 1.93. The molecule has 0 atom stereocenters. The van der Waals surface area contributed by atoms with Crippen molar-refractivity contribution < 1.29 is 0 Å². The molecule has 0 bridgehead atoms. The topological polar surface area (TPSA) is 0 Å². The predicted molar refractivity (Wildman–Crippen MR) is 59.6 cm³/mol. The number of benzene rings is 1. The van der Waals surface area contributed by atoms with Gasteiger partial charge in [0.1, 0.15) is 0 Å². The second-order valence-electron chi connectivity index (χ2n) is 1.66. The third kappa shape index (κ3) is 1.87. The first-order valence-corrected chi connectivity index (χ1v) is 5.46. The fourth-order valence-electron chi connectivity index (χ4n) is 0.502. The Morgan fingerprint density at radius 1 is 1.30 bits per heavy atom. The lowest BCUT2D eigenvalue weighted by Gasteiger charge is -1.99. The molecule has 0 saturated heterocycles. The molecule has 0 N–H and O–H groups in total. The van der Waals surface area contributed by atoms with Crippen molar-refractivity contribution in [2.45, 2.75) is 0 Å². The van der Waals surface area contributed by atoms with Crippen molar-refractivity contribution in [1.29, 1.82) is 0 Å². The lowest BCUT2D eigenvalue weighted by atomic mass is 10.4. The van der Waals surface area contributed by atoms with E-state index in [1.54, 1.807) is 0 Å². The molecule has 0 aliphatic heterocycles. The van der Waals surface area contributed by atoms with E-state index < -0.39 is 0 Å². The van der Waals surface area contributed by atoms with Crippen molar-refractivity contribution >= 4 is 66.1 Å². The summed E-state index contributed by atoms with van der Waals surface area (Å²) in [4.78, 5) is 0. The van der Waals surface area contributed by atoms with E-state index in [-0.39, 0.29) is 0 Å². The summed E-state index contributed by atoms with van der Waals surface area (Å²) in [5.74, 6) is 0. The molecule has 0 aliphatic carbocycles. The van der Waals surface area contributed by atoms with E-state index in [1.165, 1.54) is 0 Å². The van der Waals surface area contributed by atoms with Crippen LogP contribution in [0.3, 0.4) is 0 Å². The molecule has 0 amide bonds. The molecule has 1 aromatic carbocycles. The van der Waals surface area contributed by atoms with Crippen LogP contribution in [0.1, 0.15) is 0 Å². The minimum atomic E-state index is 0.743. The first kappa shape index (κ1) is 9.29. The standard InChI is InChI=1S/C6H2Br2ClI/c7-3-1-2-4(9)5(8)6(3)10/h1-2H. The Balaban J connectivity index is 3.34. The van der Waals surface area contributed by atoms with Gasteiger partial charge in [-0.3, -0.25) is 0 Å². The quantitative estimate of drug-likeness (QED) is 0.345. The predicted octanol–water partition coefficient (Wildman–Crippen LogP) is 4.47. The van der Waals surface area contributed by atoms with Crippen LogP contribution in [0.25, 0.3) is 0 Å². The maximum absolute atomic E-state index is 5.81. The van der Waals surface area contributed by atoms with E-state index in [0.29, 0.717) is 0 Å². The average molecular weight is 396 g/mol. The Morgan fingerprint density at radius 3 is 2.40 bits per heavy atom. The van der Waals surface area contributed by atoms with Crippen LogP contribution in [0.2, 0.25) is 5.02 Å². The van der Waals surface area contributed by atoms with Gasteiger partial charge in [-0.1, -0.05) is 11.6 Å². The van der Waals surface area contributed by atoms with Gasteiger partial charge in [0.05, 0.1) is 9.50 Å². The van der Waals surface area contributed by atoms with Crippen molar-refractivity contribution in [1.82, 2.24) is 0 Å². The number of rotatable bonds is 0. The van der Waals surface area contributed by atoms with Gasteiger partial charge in [0.2, 0.25) is 0 Å². The van der Waals surface area contributed by atoms with Crippen LogP contribution in [0, 0.1) is 3.57 Å². The van der Waals surface area contributed by atoms with Crippen molar-refractivity contribution in [3.8, 4) is 0 Å². The molecule has 54 valence electrons. The summed E-state index contributed by atoms with van der Waals surface area (Å²) in [5.41, 5.74) is 0. The van der Waals surface area contributed by atoms with Gasteiger partial charge in [0.25, 0.3) is 0 Å². The normalized spacial score (nSPS) is 10.0. The smallest absolute Gasteiger partial charge is 0.0559 e. The first-order chi connectivity index (χ1) is 4.63. The van der Waals surface area contributed by atoms with E-state index in [1.807, 2.05) is 12.1 Å². The summed E-state index contributed by atoms with van der Waals surface area (Å²) < 4.78 is 3.11. The molecule has 10 heavy (non-hydrogen) atoms. The zero-order chi connectivity index (χ0) is 7.72. The van der Waals surface area contributed by atoms with Gasteiger partial charge in [-0.15, -0.1) is 0 Å². The third-order valence-electron chi connectivity index (χ3n) is 0.988. The molecule has 0 spiro atoms. The highest BCUT2D eigenvalue weighted by atomic mass is 127. The number of hydrogen-bond acceptors (Lipinski definition) is 0. The van der Waals surface area contributed by atoms with Crippen molar-refractivity contribution in [3.05, 3.63) is 29.7 Å². The zero-order valence-corrected chi connectivity index (χ0v) is 10.8. The van der Waals surface area contributed by atoms with Gasteiger partial charge in [-0.05, 0) is 66.6 Å². The molecule has 0 fully saturated rings. The largest absolute Gasteiger partial charge is 0.0831 e. The summed E-state index contributed by atoms with van der Waals surface area (Å²) in [6, 6.07) is 3.77. The highest BCUT2D eigenvalue weighted by Gasteiger charge is 2.03. The van der Waals surface area contributed by atoms with Crippen LogP contribution in [-0.4, -0.2) is 0 Å². The van der Waals surface area contributed by atoms with Gasteiger partial charge in [-0.25, -0.2) is 0 Å². The molecule has 0 heterocycles. The molecular weight excluding hydrogens is 394 g/mol. The molecule has 4 heteroatoms. The minimum Gasteiger partial charge on any atom is -0.0831 e. The van der Waals surface area contributed by atoms with Crippen LogP contribution in [0.4, 0.5) is 0 Å². The minimum absolute atomic E-state index is 0.743. The molecule has 0 aliphatic rings.